The van der Waals surface area contributed by atoms with Crippen LogP contribution in [0.25, 0.3) is 0 Å². The van der Waals surface area contributed by atoms with Gasteiger partial charge in [0.2, 0.25) is 5.91 Å². The average Bonchev–Trinajstić information content (AvgIpc) is 2.62. The maximum absolute atomic E-state index is 12.1. The van der Waals surface area contributed by atoms with Crippen molar-refractivity contribution in [2.75, 3.05) is 26.2 Å². The third-order valence-corrected chi connectivity index (χ3v) is 4.34. The highest BCUT2D eigenvalue weighted by Crippen LogP contribution is 2.07. The molecule has 1 heterocycles. The van der Waals surface area contributed by atoms with Crippen LogP contribution in [0.2, 0.25) is 0 Å². The molecule has 126 valence electrons. The van der Waals surface area contributed by atoms with Crippen molar-refractivity contribution in [1.82, 2.24) is 15.5 Å². The second-order valence-corrected chi connectivity index (χ2v) is 6.34. The number of nitrogens with one attached hydrogen (secondary N) is 2. The molecule has 1 fully saturated rings. The van der Waals surface area contributed by atoms with Gasteiger partial charge in [-0.3, -0.25) is 9.69 Å². The lowest BCUT2D eigenvalue weighted by molar-refractivity contribution is -0.120. The quantitative estimate of drug-likeness (QED) is 0.852. The lowest BCUT2D eigenvalue weighted by Gasteiger charge is -2.33. The van der Waals surface area contributed by atoms with Crippen LogP contribution in [0.15, 0.2) is 60.7 Å². The molecule has 4 heteroatoms. The molecule has 0 aromatic heterocycles. The molecule has 0 radical (unpaired) electrons. The van der Waals surface area contributed by atoms with Gasteiger partial charge in [0, 0.05) is 38.8 Å². The largest absolute Gasteiger partial charge is 0.354 e. The molecule has 0 saturated carbocycles. The van der Waals surface area contributed by atoms with Gasteiger partial charge in [0.1, 0.15) is 0 Å². The minimum Gasteiger partial charge on any atom is -0.354 e. The highest BCUT2D eigenvalue weighted by molar-refractivity contribution is 5.78. The fourth-order valence-electron chi connectivity index (χ4n) is 3.10. The van der Waals surface area contributed by atoms with E-state index in [4.69, 9.17) is 0 Å². The number of amides is 1. The first kappa shape index (κ1) is 16.7. The Bertz CT molecular complexity index is 630. The van der Waals surface area contributed by atoms with Crippen molar-refractivity contribution >= 4 is 5.91 Å². The van der Waals surface area contributed by atoms with Gasteiger partial charge in [-0.25, -0.2) is 0 Å². The first-order valence-electron chi connectivity index (χ1n) is 8.60. The van der Waals surface area contributed by atoms with Gasteiger partial charge in [0.25, 0.3) is 0 Å². The Balaban J connectivity index is 1.43. The lowest BCUT2D eigenvalue weighted by Crippen LogP contribution is -2.54. The second kappa shape index (κ2) is 8.62. The van der Waals surface area contributed by atoms with Crippen molar-refractivity contribution in [3.8, 4) is 0 Å². The highest BCUT2D eigenvalue weighted by atomic mass is 16.1. The van der Waals surface area contributed by atoms with Crippen LogP contribution in [-0.4, -0.2) is 43.0 Å². The summed E-state index contributed by atoms with van der Waals surface area (Å²) in [6.45, 7) is 4.61. The first-order chi connectivity index (χ1) is 11.8. The molecular weight excluding hydrogens is 298 g/mol. The van der Waals surface area contributed by atoms with Gasteiger partial charge in [0.05, 0.1) is 6.42 Å². The Labute approximate surface area is 143 Å². The topological polar surface area (TPSA) is 44.4 Å². The van der Waals surface area contributed by atoms with E-state index in [2.05, 4.69) is 39.8 Å². The summed E-state index contributed by atoms with van der Waals surface area (Å²) < 4.78 is 0. The van der Waals surface area contributed by atoms with Gasteiger partial charge in [0.15, 0.2) is 0 Å². The maximum Gasteiger partial charge on any atom is 0.224 e. The maximum atomic E-state index is 12.1. The number of hydrogen-bond donors (Lipinski definition) is 2. The molecule has 1 aliphatic heterocycles. The average molecular weight is 323 g/mol. The summed E-state index contributed by atoms with van der Waals surface area (Å²) in [7, 11) is 0. The fraction of sp³-hybridized carbons (Fsp3) is 0.350. The van der Waals surface area contributed by atoms with Crippen LogP contribution < -0.4 is 10.6 Å². The molecule has 2 N–H and O–H groups in total. The monoisotopic (exact) mass is 323 g/mol. The highest BCUT2D eigenvalue weighted by Gasteiger charge is 2.19. The molecule has 1 saturated heterocycles. The van der Waals surface area contributed by atoms with Crippen LogP contribution in [0.4, 0.5) is 0 Å². The van der Waals surface area contributed by atoms with Crippen LogP contribution in [0.1, 0.15) is 11.1 Å². The molecule has 1 atom stereocenters. The van der Waals surface area contributed by atoms with Gasteiger partial charge < -0.3 is 10.6 Å². The summed E-state index contributed by atoms with van der Waals surface area (Å²) in [5.74, 6) is 0.0863. The van der Waals surface area contributed by atoms with Crippen LogP contribution in [0, 0.1) is 0 Å². The molecule has 3 rings (SSSR count). The van der Waals surface area contributed by atoms with E-state index in [9.17, 15) is 4.79 Å². The summed E-state index contributed by atoms with van der Waals surface area (Å²) in [5.41, 5.74) is 2.39. The third-order valence-electron chi connectivity index (χ3n) is 4.34. The van der Waals surface area contributed by atoms with Crippen molar-refractivity contribution in [1.29, 1.82) is 0 Å². The third kappa shape index (κ3) is 5.18. The van der Waals surface area contributed by atoms with E-state index in [0.29, 0.717) is 19.0 Å². The van der Waals surface area contributed by atoms with Gasteiger partial charge in [-0.05, 0) is 11.1 Å². The molecule has 4 nitrogen and oxygen atoms in total. The molecule has 2 aromatic carbocycles. The van der Waals surface area contributed by atoms with Crippen molar-refractivity contribution in [3.05, 3.63) is 71.8 Å². The van der Waals surface area contributed by atoms with Crippen molar-refractivity contribution in [3.63, 3.8) is 0 Å². The second-order valence-electron chi connectivity index (χ2n) is 6.34. The predicted molar refractivity (Wildman–Crippen MR) is 96.7 cm³/mol. The SMILES string of the molecule is O=C(Cc1ccccc1)NCC1CN(Cc2ccccc2)CCN1. The lowest BCUT2D eigenvalue weighted by atomic mass is 10.1. The van der Waals surface area contributed by atoms with E-state index < -0.39 is 0 Å². The van der Waals surface area contributed by atoms with Gasteiger partial charge in [-0.15, -0.1) is 0 Å². The van der Waals surface area contributed by atoms with Crippen LogP contribution >= 0.6 is 0 Å². The Morgan fingerprint density at radius 3 is 2.42 bits per heavy atom. The zero-order valence-corrected chi connectivity index (χ0v) is 13.9. The standard InChI is InChI=1S/C20H25N3O/c24-20(13-17-7-3-1-4-8-17)22-14-19-16-23(12-11-21-19)15-18-9-5-2-6-10-18/h1-10,19,21H,11-16H2,(H,22,24). The number of carbonyl (C=O) groups is 1. The summed E-state index contributed by atoms with van der Waals surface area (Å²) in [6.07, 6.45) is 0.446. The van der Waals surface area contributed by atoms with Gasteiger partial charge >= 0.3 is 0 Å². The summed E-state index contributed by atoms with van der Waals surface area (Å²) in [4.78, 5) is 14.5. The van der Waals surface area contributed by atoms with E-state index >= 15 is 0 Å². The van der Waals surface area contributed by atoms with Crippen LogP contribution in [0.5, 0.6) is 0 Å². The Morgan fingerprint density at radius 1 is 1.04 bits per heavy atom. The van der Waals surface area contributed by atoms with Crippen molar-refractivity contribution in [2.24, 2.45) is 0 Å². The smallest absolute Gasteiger partial charge is 0.224 e. The molecule has 0 bridgehead atoms. The number of carbonyl (C=O) groups excluding carboxylic acids is 1. The van der Waals surface area contributed by atoms with E-state index in [-0.39, 0.29) is 5.91 Å². The molecule has 24 heavy (non-hydrogen) atoms. The first-order valence-corrected chi connectivity index (χ1v) is 8.60. The molecular formula is C20H25N3O. The van der Waals surface area contributed by atoms with Crippen LogP contribution in [-0.2, 0) is 17.8 Å². The Morgan fingerprint density at radius 2 is 1.71 bits per heavy atom. The normalized spacial score (nSPS) is 18.2. The van der Waals surface area contributed by atoms with Crippen molar-refractivity contribution in [2.45, 2.75) is 19.0 Å². The van der Waals surface area contributed by atoms with E-state index in [0.717, 1.165) is 31.7 Å². The summed E-state index contributed by atoms with van der Waals surface area (Å²) in [5, 5.41) is 6.55. The summed E-state index contributed by atoms with van der Waals surface area (Å²) in [6, 6.07) is 20.7. The number of hydrogen-bond acceptors (Lipinski definition) is 3. The molecule has 1 aliphatic rings. The minimum atomic E-state index is 0.0863. The van der Waals surface area contributed by atoms with Gasteiger partial charge in [-0.2, -0.15) is 0 Å². The number of piperazine rings is 1. The van der Waals surface area contributed by atoms with Crippen molar-refractivity contribution < 1.29 is 4.79 Å². The number of benzene rings is 2. The molecule has 0 spiro atoms. The molecule has 1 unspecified atom stereocenters. The Kier molecular flexibility index (Phi) is 5.99. The van der Waals surface area contributed by atoms with Gasteiger partial charge in [-0.1, -0.05) is 60.7 Å². The zero-order chi connectivity index (χ0) is 16.6. The fourth-order valence-corrected chi connectivity index (χ4v) is 3.10. The van der Waals surface area contributed by atoms with E-state index in [1.165, 1.54) is 5.56 Å². The number of rotatable bonds is 6. The van der Waals surface area contributed by atoms with E-state index in [1.807, 2.05) is 36.4 Å². The molecule has 2 aromatic rings. The minimum absolute atomic E-state index is 0.0863. The Hall–Kier alpha value is -2.17. The molecule has 0 aliphatic carbocycles. The summed E-state index contributed by atoms with van der Waals surface area (Å²) >= 11 is 0. The molecule has 1 amide bonds. The number of nitrogens with zero attached hydrogens (tertiary/aromatic N) is 1. The van der Waals surface area contributed by atoms with E-state index in [1.54, 1.807) is 0 Å². The van der Waals surface area contributed by atoms with Crippen LogP contribution in [0.3, 0.4) is 0 Å². The predicted octanol–water partition coefficient (Wildman–Crippen LogP) is 1.82. The zero-order valence-electron chi connectivity index (χ0n) is 13.9.